The highest BCUT2D eigenvalue weighted by Crippen LogP contribution is 2.44. The van der Waals surface area contributed by atoms with E-state index in [1.54, 1.807) is 13.0 Å². The Morgan fingerprint density at radius 3 is 2.48 bits per heavy atom. The fourth-order valence-electron chi connectivity index (χ4n) is 3.76. The Kier molecular flexibility index (Phi) is 5.40. The van der Waals surface area contributed by atoms with Gasteiger partial charge in [0.25, 0.3) is 5.91 Å². The third kappa shape index (κ3) is 4.05. The Hall–Kier alpha value is -1.44. The van der Waals surface area contributed by atoms with Crippen molar-refractivity contribution in [3.05, 3.63) is 39.1 Å². The predicted octanol–water partition coefficient (Wildman–Crippen LogP) is 4.96. The Balaban J connectivity index is 1.83. The largest absolute Gasteiger partial charge is 0.509 e. The number of benzene rings is 1. The first kappa shape index (κ1) is 20.3. The maximum atomic E-state index is 12.6. The SMILES string of the molecule is Cc1cc(Cl)cc(Cl)c1C1=C(O)C2(CCC(OCC(F)(F)F)CC2)NC1=O. The van der Waals surface area contributed by atoms with Crippen molar-refractivity contribution < 1.29 is 27.8 Å². The van der Waals surface area contributed by atoms with Gasteiger partial charge in [0.05, 0.1) is 22.2 Å². The molecule has 0 bridgehead atoms. The number of halogens is 5. The molecule has 27 heavy (non-hydrogen) atoms. The first-order chi connectivity index (χ1) is 12.5. The number of alkyl halides is 3. The minimum absolute atomic E-state index is 0.0869. The van der Waals surface area contributed by atoms with E-state index in [-0.39, 0.29) is 29.2 Å². The number of aryl methyl sites for hydroxylation is 1. The van der Waals surface area contributed by atoms with Crippen LogP contribution >= 0.6 is 23.2 Å². The number of hydrogen-bond acceptors (Lipinski definition) is 3. The fourth-order valence-corrected chi connectivity index (χ4v) is 4.45. The number of nitrogens with one attached hydrogen (secondary N) is 1. The standard InChI is InChI=1S/C18H18Cl2F3NO3/c1-9-6-10(19)7-12(20)13(9)14-15(25)17(24-16(14)26)4-2-11(3-5-17)27-8-18(21,22)23/h6-7,11,25H,2-5,8H2,1H3,(H,24,26). The molecular weight excluding hydrogens is 406 g/mol. The lowest BCUT2D eigenvalue weighted by Gasteiger charge is -2.37. The van der Waals surface area contributed by atoms with Crippen LogP contribution in [-0.2, 0) is 9.53 Å². The molecule has 1 heterocycles. The first-order valence-corrected chi connectivity index (χ1v) is 9.18. The smallest absolute Gasteiger partial charge is 0.411 e. The van der Waals surface area contributed by atoms with Gasteiger partial charge in [-0.15, -0.1) is 0 Å². The molecule has 1 aliphatic heterocycles. The number of aliphatic hydroxyl groups is 1. The van der Waals surface area contributed by atoms with Crippen molar-refractivity contribution in [3.8, 4) is 0 Å². The molecule has 0 unspecified atom stereocenters. The summed E-state index contributed by atoms with van der Waals surface area (Å²) in [4.78, 5) is 12.6. The van der Waals surface area contributed by atoms with E-state index in [0.29, 0.717) is 29.0 Å². The molecular formula is C18H18Cl2F3NO3. The number of ether oxygens (including phenoxy) is 1. The van der Waals surface area contributed by atoms with E-state index < -0.39 is 30.3 Å². The van der Waals surface area contributed by atoms with Gasteiger partial charge in [-0.1, -0.05) is 23.2 Å². The lowest BCUT2D eigenvalue weighted by atomic mass is 9.79. The van der Waals surface area contributed by atoms with Gasteiger partial charge in [0, 0.05) is 10.6 Å². The van der Waals surface area contributed by atoms with Crippen LogP contribution in [0.15, 0.2) is 17.9 Å². The number of hydrogen-bond donors (Lipinski definition) is 2. The third-order valence-electron chi connectivity index (χ3n) is 5.04. The maximum Gasteiger partial charge on any atom is 0.411 e. The molecule has 3 rings (SSSR count). The van der Waals surface area contributed by atoms with Gasteiger partial charge in [-0.25, -0.2) is 0 Å². The summed E-state index contributed by atoms with van der Waals surface area (Å²) in [5, 5.41) is 14.3. The van der Waals surface area contributed by atoms with Crippen LogP contribution in [0.2, 0.25) is 10.0 Å². The Morgan fingerprint density at radius 2 is 1.93 bits per heavy atom. The highest BCUT2D eigenvalue weighted by Gasteiger charge is 2.48. The van der Waals surface area contributed by atoms with Gasteiger partial charge in [0.15, 0.2) is 0 Å². The molecule has 9 heteroatoms. The minimum atomic E-state index is -4.38. The van der Waals surface area contributed by atoms with Crippen LogP contribution in [0.5, 0.6) is 0 Å². The first-order valence-electron chi connectivity index (χ1n) is 8.43. The van der Waals surface area contributed by atoms with E-state index in [0.717, 1.165) is 0 Å². The highest BCUT2D eigenvalue weighted by molar-refractivity contribution is 6.38. The lowest BCUT2D eigenvalue weighted by Crippen LogP contribution is -2.48. The summed E-state index contributed by atoms with van der Waals surface area (Å²) in [5.41, 5.74) is 0.135. The molecule has 1 saturated carbocycles. The monoisotopic (exact) mass is 423 g/mol. The van der Waals surface area contributed by atoms with E-state index in [2.05, 4.69) is 5.32 Å². The normalized spacial score (nSPS) is 26.0. The molecule has 2 aliphatic rings. The number of carbonyl (C=O) groups excluding carboxylic acids is 1. The second-order valence-electron chi connectivity index (χ2n) is 6.96. The van der Waals surface area contributed by atoms with Crippen LogP contribution in [0.25, 0.3) is 5.57 Å². The summed E-state index contributed by atoms with van der Waals surface area (Å²) in [6, 6.07) is 3.13. The topological polar surface area (TPSA) is 58.6 Å². The van der Waals surface area contributed by atoms with Crippen LogP contribution in [0, 0.1) is 6.92 Å². The van der Waals surface area contributed by atoms with E-state index >= 15 is 0 Å². The molecule has 1 aliphatic carbocycles. The van der Waals surface area contributed by atoms with Crippen LogP contribution in [0.1, 0.15) is 36.8 Å². The Bertz CT molecular complexity index is 777. The minimum Gasteiger partial charge on any atom is -0.509 e. The van der Waals surface area contributed by atoms with E-state index in [1.807, 2.05) is 0 Å². The zero-order valence-corrected chi connectivity index (χ0v) is 15.9. The number of aliphatic hydroxyl groups excluding tert-OH is 1. The van der Waals surface area contributed by atoms with Crippen molar-refractivity contribution >= 4 is 34.7 Å². The molecule has 1 fully saturated rings. The van der Waals surface area contributed by atoms with E-state index in [1.165, 1.54) is 6.07 Å². The van der Waals surface area contributed by atoms with Crippen molar-refractivity contribution in [2.45, 2.75) is 50.4 Å². The van der Waals surface area contributed by atoms with Crippen molar-refractivity contribution in [2.24, 2.45) is 0 Å². The summed E-state index contributed by atoms with van der Waals surface area (Å²) in [6.07, 6.45) is -3.80. The summed E-state index contributed by atoms with van der Waals surface area (Å²) >= 11 is 12.2. The summed E-state index contributed by atoms with van der Waals surface area (Å²) in [6.45, 7) is 0.428. The molecule has 0 atom stereocenters. The second kappa shape index (κ2) is 7.18. The molecule has 0 aromatic heterocycles. The molecule has 2 N–H and O–H groups in total. The predicted molar refractivity (Wildman–Crippen MR) is 95.9 cm³/mol. The van der Waals surface area contributed by atoms with Gasteiger partial charge in [-0.3, -0.25) is 4.79 Å². The molecule has 4 nitrogen and oxygen atoms in total. The zero-order chi connectivity index (χ0) is 20.0. The lowest BCUT2D eigenvalue weighted by molar-refractivity contribution is -0.188. The second-order valence-corrected chi connectivity index (χ2v) is 7.81. The molecule has 1 spiro atoms. The zero-order valence-electron chi connectivity index (χ0n) is 14.4. The molecule has 0 saturated heterocycles. The van der Waals surface area contributed by atoms with Crippen molar-refractivity contribution in [1.82, 2.24) is 5.32 Å². The molecule has 1 aromatic rings. The fraction of sp³-hybridized carbons (Fsp3) is 0.500. The molecule has 148 valence electrons. The molecule has 1 aromatic carbocycles. The highest BCUT2D eigenvalue weighted by atomic mass is 35.5. The van der Waals surface area contributed by atoms with E-state index in [4.69, 9.17) is 27.9 Å². The average molecular weight is 424 g/mol. The van der Waals surface area contributed by atoms with Gasteiger partial charge >= 0.3 is 6.18 Å². The third-order valence-corrected chi connectivity index (χ3v) is 5.56. The molecule has 1 amide bonds. The van der Waals surface area contributed by atoms with Gasteiger partial charge < -0.3 is 15.2 Å². The van der Waals surface area contributed by atoms with Crippen LogP contribution in [0.4, 0.5) is 13.2 Å². The van der Waals surface area contributed by atoms with Crippen LogP contribution in [-0.4, -0.2) is 35.4 Å². The summed E-state index contributed by atoms with van der Waals surface area (Å²) < 4.78 is 41.8. The number of carbonyl (C=O) groups is 1. The number of amides is 1. The van der Waals surface area contributed by atoms with E-state index in [9.17, 15) is 23.1 Å². The Labute approximate surface area is 164 Å². The average Bonchev–Trinajstić information content (AvgIpc) is 2.77. The van der Waals surface area contributed by atoms with Gasteiger partial charge in [0.1, 0.15) is 12.4 Å². The Morgan fingerprint density at radius 1 is 1.30 bits per heavy atom. The summed E-state index contributed by atoms with van der Waals surface area (Å²) in [7, 11) is 0. The van der Waals surface area contributed by atoms with Crippen molar-refractivity contribution in [3.63, 3.8) is 0 Å². The van der Waals surface area contributed by atoms with Crippen LogP contribution < -0.4 is 5.32 Å². The quantitative estimate of drug-likeness (QED) is 0.721. The summed E-state index contributed by atoms with van der Waals surface area (Å²) in [5.74, 6) is -0.594. The van der Waals surface area contributed by atoms with Crippen LogP contribution in [0.3, 0.4) is 0 Å². The van der Waals surface area contributed by atoms with Gasteiger partial charge in [-0.2, -0.15) is 13.2 Å². The van der Waals surface area contributed by atoms with Gasteiger partial charge in [0.2, 0.25) is 0 Å². The van der Waals surface area contributed by atoms with Gasteiger partial charge in [-0.05, 0) is 50.3 Å². The van der Waals surface area contributed by atoms with Crippen molar-refractivity contribution in [2.75, 3.05) is 6.61 Å². The number of rotatable bonds is 3. The molecule has 0 radical (unpaired) electrons. The van der Waals surface area contributed by atoms with Crippen molar-refractivity contribution in [1.29, 1.82) is 0 Å². The maximum absolute atomic E-state index is 12.6.